The normalized spacial score (nSPS) is 13.7. The van der Waals surface area contributed by atoms with Crippen molar-refractivity contribution in [2.75, 3.05) is 20.3 Å². The van der Waals surface area contributed by atoms with E-state index in [0.717, 1.165) is 27.8 Å². The SMILES string of the molecule is COC(CNC(=O)C(CC=C(C)C)NC(=O)OCC1c2ccccc2-c2ccccc21)C(=O)O. The summed E-state index contributed by atoms with van der Waals surface area (Å²) in [7, 11) is 1.25. The molecule has 0 saturated heterocycles. The highest BCUT2D eigenvalue weighted by atomic mass is 16.5. The third-order valence-electron chi connectivity index (χ3n) is 5.74. The number of ether oxygens (including phenoxy) is 2. The van der Waals surface area contributed by atoms with Crippen molar-refractivity contribution in [1.29, 1.82) is 0 Å². The fourth-order valence-corrected chi connectivity index (χ4v) is 3.96. The highest BCUT2D eigenvalue weighted by molar-refractivity contribution is 5.86. The van der Waals surface area contributed by atoms with Crippen molar-refractivity contribution >= 4 is 18.0 Å². The maximum Gasteiger partial charge on any atom is 0.407 e. The highest BCUT2D eigenvalue weighted by Gasteiger charge is 2.30. The molecule has 8 heteroatoms. The minimum Gasteiger partial charge on any atom is -0.479 e. The average Bonchev–Trinajstić information content (AvgIpc) is 3.14. The summed E-state index contributed by atoms with van der Waals surface area (Å²) < 4.78 is 10.4. The van der Waals surface area contributed by atoms with Gasteiger partial charge < -0.3 is 25.2 Å². The van der Waals surface area contributed by atoms with Gasteiger partial charge in [0.15, 0.2) is 6.10 Å². The maximum atomic E-state index is 12.7. The lowest BCUT2D eigenvalue weighted by Crippen LogP contribution is -2.49. The molecule has 0 aliphatic heterocycles. The van der Waals surface area contributed by atoms with E-state index in [2.05, 4.69) is 22.8 Å². The smallest absolute Gasteiger partial charge is 0.407 e. The molecule has 34 heavy (non-hydrogen) atoms. The second kappa shape index (κ2) is 11.5. The van der Waals surface area contributed by atoms with Gasteiger partial charge in [0.05, 0.1) is 6.54 Å². The van der Waals surface area contributed by atoms with E-state index < -0.39 is 30.1 Å². The largest absolute Gasteiger partial charge is 0.479 e. The molecule has 2 aromatic rings. The van der Waals surface area contributed by atoms with E-state index in [1.807, 2.05) is 56.3 Å². The number of nitrogens with one attached hydrogen (secondary N) is 2. The Morgan fingerprint density at radius 3 is 2.15 bits per heavy atom. The van der Waals surface area contributed by atoms with Crippen molar-refractivity contribution in [2.24, 2.45) is 0 Å². The van der Waals surface area contributed by atoms with Crippen molar-refractivity contribution in [3.8, 4) is 11.1 Å². The van der Waals surface area contributed by atoms with E-state index in [-0.39, 0.29) is 25.5 Å². The number of hydrogen-bond donors (Lipinski definition) is 3. The second-order valence-electron chi connectivity index (χ2n) is 8.35. The summed E-state index contributed by atoms with van der Waals surface area (Å²) in [4.78, 5) is 36.4. The van der Waals surface area contributed by atoms with Crippen molar-refractivity contribution in [3.63, 3.8) is 0 Å². The minimum absolute atomic E-state index is 0.0961. The zero-order valence-electron chi connectivity index (χ0n) is 19.5. The van der Waals surface area contributed by atoms with Crippen LogP contribution in [0.2, 0.25) is 0 Å². The number of carbonyl (C=O) groups excluding carboxylic acids is 2. The first kappa shape index (κ1) is 25.0. The van der Waals surface area contributed by atoms with Gasteiger partial charge in [0.1, 0.15) is 12.6 Å². The van der Waals surface area contributed by atoms with Crippen LogP contribution >= 0.6 is 0 Å². The van der Waals surface area contributed by atoms with Gasteiger partial charge in [0.25, 0.3) is 0 Å². The lowest BCUT2D eigenvalue weighted by atomic mass is 9.98. The predicted molar refractivity (Wildman–Crippen MR) is 127 cm³/mol. The van der Waals surface area contributed by atoms with Crippen molar-refractivity contribution in [2.45, 2.75) is 38.3 Å². The molecule has 1 aliphatic rings. The van der Waals surface area contributed by atoms with Crippen LogP contribution in [0.1, 0.15) is 37.3 Å². The van der Waals surface area contributed by atoms with Gasteiger partial charge in [-0.05, 0) is 42.5 Å². The third kappa shape index (κ3) is 6.02. The Morgan fingerprint density at radius 1 is 1.03 bits per heavy atom. The maximum absolute atomic E-state index is 12.7. The number of alkyl carbamates (subject to hydrolysis) is 1. The van der Waals surface area contributed by atoms with E-state index in [9.17, 15) is 14.4 Å². The number of fused-ring (bicyclic) bond motifs is 3. The lowest BCUT2D eigenvalue weighted by molar-refractivity contribution is -0.148. The molecule has 2 amide bonds. The molecule has 3 rings (SSSR count). The van der Waals surface area contributed by atoms with E-state index in [1.54, 1.807) is 0 Å². The lowest BCUT2D eigenvalue weighted by Gasteiger charge is -2.20. The van der Waals surface area contributed by atoms with Crippen molar-refractivity contribution in [1.82, 2.24) is 10.6 Å². The molecule has 0 saturated carbocycles. The van der Waals surface area contributed by atoms with E-state index in [1.165, 1.54) is 7.11 Å². The molecular formula is C26H30N2O6. The van der Waals surface area contributed by atoms with Gasteiger partial charge in [0, 0.05) is 13.0 Å². The van der Waals surface area contributed by atoms with Crippen LogP contribution in [-0.2, 0) is 19.1 Å². The molecule has 2 aromatic carbocycles. The van der Waals surface area contributed by atoms with Gasteiger partial charge in [-0.25, -0.2) is 9.59 Å². The molecular weight excluding hydrogens is 436 g/mol. The second-order valence-corrected chi connectivity index (χ2v) is 8.35. The van der Waals surface area contributed by atoms with Crippen LogP contribution in [0.3, 0.4) is 0 Å². The van der Waals surface area contributed by atoms with Crippen molar-refractivity contribution in [3.05, 3.63) is 71.3 Å². The molecule has 0 aromatic heterocycles. The van der Waals surface area contributed by atoms with Gasteiger partial charge in [-0.2, -0.15) is 0 Å². The van der Waals surface area contributed by atoms with Crippen LogP contribution in [0.5, 0.6) is 0 Å². The van der Waals surface area contributed by atoms with Gasteiger partial charge in [-0.1, -0.05) is 60.2 Å². The average molecular weight is 467 g/mol. The summed E-state index contributed by atoms with van der Waals surface area (Å²) in [5, 5.41) is 14.2. The van der Waals surface area contributed by atoms with Gasteiger partial charge in [0.2, 0.25) is 5.91 Å². The quantitative estimate of drug-likeness (QED) is 0.462. The Bertz CT molecular complexity index is 1030. The Morgan fingerprint density at radius 2 is 1.62 bits per heavy atom. The zero-order valence-corrected chi connectivity index (χ0v) is 19.5. The first-order valence-electron chi connectivity index (χ1n) is 11.1. The number of carboxylic acids is 1. The monoisotopic (exact) mass is 466 g/mol. The number of methoxy groups -OCH3 is 1. The van der Waals surface area contributed by atoms with Crippen LogP contribution in [-0.4, -0.2) is 55.5 Å². The summed E-state index contributed by atoms with van der Waals surface area (Å²) in [6, 6.07) is 15.1. The van der Waals surface area contributed by atoms with Crippen LogP contribution in [0, 0.1) is 0 Å². The Labute approximate surface area is 199 Å². The summed E-state index contributed by atoms with van der Waals surface area (Å²) in [6.45, 7) is 3.67. The van der Waals surface area contributed by atoms with E-state index in [0.29, 0.717) is 0 Å². The molecule has 0 fully saturated rings. The van der Waals surface area contributed by atoms with Crippen LogP contribution < -0.4 is 10.6 Å². The molecule has 1 aliphatic carbocycles. The summed E-state index contributed by atoms with van der Waals surface area (Å²) in [6.07, 6.45) is 0.162. The first-order chi connectivity index (χ1) is 16.3. The highest BCUT2D eigenvalue weighted by Crippen LogP contribution is 2.44. The topological polar surface area (TPSA) is 114 Å². The molecule has 0 spiro atoms. The van der Waals surface area contributed by atoms with Crippen LogP contribution in [0.25, 0.3) is 11.1 Å². The summed E-state index contributed by atoms with van der Waals surface area (Å²) >= 11 is 0. The Kier molecular flexibility index (Phi) is 8.43. The van der Waals surface area contributed by atoms with Gasteiger partial charge in [-0.15, -0.1) is 0 Å². The molecule has 0 radical (unpaired) electrons. The Balaban J connectivity index is 1.65. The van der Waals surface area contributed by atoms with Crippen molar-refractivity contribution < 1.29 is 29.0 Å². The number of hydrogen-bond acceptors (Lipinski definition) is 5. The zero-order chi connectivity index (χ0) is 24.7. The van der Waals surface area contributed by atoms with Crippen LogP contribution in [0.15, 0.2) is 60.2 Å². The number of allylic oxidation sites excluding steroid dienone is 1. The third-order valence-corrected chi connectivity index (χ3v) is 5.74. The van der Waals surface area contributed by atoms with Gasteiger partial charge >= 0.3 is 12.1 Å². The molecule has 8 nitrogen and oxygen atoms in total. The standard InChI is InChI=1S/C26H30N2O6/c1-16(2)12-13-22(24(29)27-14-23(33-3)25(30)31)28-26(32)34-15-21-19-10-6-4-8-17(19)18-9-5-7-11-20(18)21/h4-12,21-23H,13-15H2,1-3H3,(H,27,29)(H,28,32)(H,30,31). The Hall–Kier alpha value is -3.65. The van der Waals surface area contributed by atoms with Gasteiger partial charge in [-0.3, -0.25) is 4.79 Å². The van der Waals surface area contributed by atoms with E-state index in [4.69, 9.17) is 14.6 Å². The fraction of sp³-hybridized carbons (Fsp3) is 0.346. The number of amides is 2. The molecule has 180 valence electrons. The summed E-state index contributed by atoms with van der Waals surface area (Å²) in [5.41, 5.74) is 5.41. The number of carboxylic acid groups (broad SMARTS) is 1. The number of aliphatic carboxylic acids is 1. The number of rotatable bonds is 10. The molecule has 2 atom stereocenters. The number of carbonyl (C=O) groups is 3. The number of benzene rings is 2. The summed E-state index contributed by atoms with van der Waals surface area (Å²) in [5.74, 6) is -1.80. The minimum atomic E-state index is -1.19. The molecule has 2 unspecified atom stereocenters. The fourth-order valence-electron chi connectivity index (χ4n) is 3.96. The molecule has 3 N–H and O–H groups in total. The van der Waals surface area contributed by atoms with Crippen LogP contribution in [0.4, 0.5) is 4.79 Å². The van der Waals surface area contributed by atoms with E-state index >= 15 is 0 Å². The first-order valence-corrected chi connectivity index (χ1v) is 11.1. The molecule has 0 heterocycles. The molecule has 0 bridgehead atoms. The predicted octanol–water partition coefficient (Wildman–Crippen LogP) is 3.47.